The van der Waals surface area contributed by atoms with Gasteiger partial charge in [-0.2, -0.15) is 0 Å². The van der Waals surface area contributed by atoms with Crippen LogP contribution >= 0.6 is 0 Å². The van der Waals surface area contributed by atoms with Crippen LogP contribution in [-0.4, -0.2) is 5.11 Å². The zero-order valence-corrected chi connectivity index (χ0v) is 7.83. The van der Waals surface area contributed by atoms with Crippen LogP contribution in [0.3, 0.4) is 0 Å². The molecule has 13 heavy (non-hydrogen) atoms. The Bertz CT molecular complexity index is 326. The van der Waals surface area contributed by atoms with Gasteiger partial charge in [0.1, 0.15) is 5.75 Å². The van der Waals surface area contributed by atoms with Crippen LogP contribution in [0.1, 0.15) is 24.0 Å². The first-order valence-electron chi connectivity index (χ1n) is 4.27. The second kappa shape index (κ2) is 3.94. The Morgan fingerprint density at radius 1 is 1.38 bits per heavy atom. The van der Waals surface area contributed by atoms with Gasteiger partial charge in [0.15, 0.2) is 0 Å². The molecule has 1 nitrogen and oxygen atoms in total. The summed E-state index contributed by atoms with van der Waals surface area (Å²) in [6.07, 6.45) is 3.52. The number of aromatic hydroxyl groups is 1. The molecule has 0 bridgehead atoms. The molecule has 1 heteroatoms. The smallest absolute Gasteiger partial charge is 0.123 e. The molecule has 0 aliphatic heterocycles. The Morgan fingerprint density at radius 2 is 2.08 bits per heavy atom. The molecule has 1 atom stereocenters. The maximum Gasteiger partial charge on any atom is 0.123 e. The standard InChI is InChI=1S/C12H14O/c1-4-9(3)11-7-6-8-12(13)10(11)5-2/h4-9,13H,1-2H2,3H3. The van der Waals surface area contributed by atoms with Crippen molar-refractivity contribution in [2.75, 3.05) is 0 Å². The topological polar surface area (TPSA) is 20.2 Å². The lowest BCUT2D eigenvalue weighted by molar-refractivity contribution is 0.473. The number of allylic oxidation sites excluding steroid dienone is 1. The van der Waals surface area contributed by atoms with E-state index in [0.29, 0.717) is 0 Å². The zero-order valence-electron chi connectivity index (χ0n) is 7.83. The summed E-state index contributed by atoms with van der Waals surface area (Å²) in [5.41, 5.74) is 1.86. The second-order valence-electron chi connectivity index (χ2n) is 3.01. The minimum Gasteiger partial charge on any atom is -0.507 e. The zero-order chi connectivity index (χ0) is 9.84. The van der Waals surface area contributed by atoms with Crippen LogP contribution in [-0.2, 0) is 0 Å². The van der Waals surface area contributed by atoms with Crippen LogP contribution < -0.4 is 0 Å². The van der Waals surface area contributed by atoms with E-state index < -0.39 is 0 Å². The van der Waals surface area contributed by atoms with E-state index in [0.717, 1.165) is 11.1 Å². The molecule has 0 spiro atoms. The van der Waals surface area contributed by atoms with Crippen molar-refractivity contribution in [3.63, 3.8) is 0 Å². The Labute approximate surface area is 79.0 Å². The molecule has 0 saturated heterocycles. The fourth-order valence-corrected chi connectivity index (χ4v) is 1.32. The molecule has 0 amide bonds. The van der Waals surface area contributed by atoms with Crippen molar-refractivity contribution in [2.24, 2.45) is 0 Å². The predicted molar refractivity (Wildman–Crippen MR) is 56.8 cm³/mol. The van der Waals surface area contributed by atoms with Crippen molar-refractivity contribution < 1.29 is 5.11 Å². The molecule has 1 aromatic carbocycles. The van der Waals surface area contributed by atoms with Crippen molar-refractivity contribution in [3.8, 4) is 5.75 Å². The van der Waals surface area contributed by atoms with E-state index in [-0.39, 0.29) is 11.7 Å². The number of hydrogen-bond acceptors (Lipinski definition) is 1. The van der Waals surface area contributed by atoms with Crippen molar-refractivity contribution in [1.29, 1.82) is 0 Å². The third-order valence-electron chi connectivity index (χ3n) is 2.17. The maximum atomic E-state index is 9.53. The highest BCUT2D eigenvalue weighted by Gasteiger charge is 2.07. The van der Waals surface area contributed by atoms with Gasteiger partial charge in [-0.15, -0.1) is 6.58 Å². The minimum atomic E-state index is 0.236. The van der Waals surface area contributed by atoms with E-state index in [1.807, 2.05) is 25.1 Å². The van der Waals surface area contributed by atoms with Crippen LogP contribution in [0.25, 0.3) is 6.08 Å². The van der Waals surface area contributed by atoms with Gasteiger partial charge in [-0.25, -0.2) is 0 Å². The van der Waals surface area contributed by atoms with Gasteiger partial charge in [-0.05, 0) is 17.5 Å². The van der Waals surface area contributed by atoms with Gasteiger partial charge in [0.2, 0.25) is 0 Å². The Morgan fingerprint density at radius 3 is 2.62 bits per heavy atom. The SMILES string of the molecule is C=Cc1c(O)cccc1C(C)C=C. The van der Waals surface area contributed by atoms with Crippen LogP contribution in [0.15, 0.2) is 37.4 Å². The molecular formula is C12H14O. The lowest BCUT2D eigenvalue weighted by Gasteiger charge is -2.11. The summed E-state index contributed by atoms with van der Waals surface area (Å²) in [4.78, 5) is 0. The molecule has 0 fully saturated rings. The molecule has 0 aromatic heterocycles. The van der Waals surface area contributed by atoms with Crippen molar-refractivity contribution >= 4 is 6.08 Å². The van der Waals surface area contributed by atoms with Gasteiger partial charge in [0, 0.05) is 5.56 Å². The van der Waals surface area contributed by atoms with Gasteiger partial charge < -0.3 is 5.11 Å². The van der Waals surface area contributed by atoms with Crippen molar-refractivity contribution in [3.05, 3.63) is 48.6 Å². The van der Waals surface area contributed by atoms with Gasteiger partial charge in [0.25, 0.3) is 0 Å². The first-order valence-corrected chi connectivity index (χ1v) is 4.27. The molecule has 0 saturated carbocycles. The van der Waals surface area contributed by atoms with Crippen LogP contribution in [0, 0.1) is 0 Å². The average Bonchev–Trinajstić information content (AvgIpc) is 2.16. The third-order valence-corrected chi connectivity index (χ3v) is 2.17. The van der Waals surface area contributed by atoms with Crippen LogP contribution in [0.2, 0.25) is 0 Å². The maximum absolute atomic E-state index is 9.53. The van der Waals surface area contributed by atoms with E-state index in [9.17, 15) is 5.11 Å². The molecule has 0 aliphatic rings. The lowest BCUT2D eigenvalue weighted by Crippen LogP contribution is -1.92. The van der Waals surface area contributed by atoms with Gasteiger partial charge in [-0.1, -0.05) is 37.8 Å². The summed E-state index contributed by atoms with van der Waals surface area (Å²) in [5, 5.41) is 9.53. The largest absolute Gasteiger partial charge is 0.507 e. The summed E-state index contributed by atoms with van der Waals surface area (Å²) in [5.74, 6) is 0.515. The van der Waals surface area contributed by atoms with E-state index in [2.05, 4.69) is 13.2 Å². The lowest BCUT2D eigenvalue weighted by atomic mass is 9.95. The minimum absolute atomic E-state index is 0.236. The highest BCUT2D eigenvalue weighted by atomic mass is 16.3. The highest BCUT2D eigenvalue weighted by molar-refractivity contribution is 5.60. The van der Waals surface area contributed by atoms with E-state index in [1.165, 1.54) is 0 Å². The summed E-state index contributed by atoms with van der Waals surface area (Å²) in [6.45, 7) is 9.44. The third kappa shape index (κ3) is 1.81. The second-order valence-corrected chi connectivity index (χ2v) is 3.01. The van der Waals surface area contributed by atoms with Gasteiger partial charge in [-0.3, -0.25) is 0 Å². The summed E-state index contributed by atoms with van der Waals surface area (Å²) < 4.78 is 0. The molecule has 0 heterocycles. The highest BCUT2D eigenvalue weighted by Crippen LogP contribution is 2.28. The van der Waals surface area contributed by atoms with Crippen LogP contribution in [0.4, 0.5) is 0 Å². The monoisotopic (exact) mass is 174 g/mol. The molecule has 0 radical (unpaired) electrons. The first-order chi connectivity index (χ1) is 6.20. The molecule has 0 aliphatic carbocycles. The van der Waals surface area contributed by atoms with Crippen molar-refractivity contribution in [2.45, 2.75) is 12.8 Å². The fourth-order valence-electron chi connectivity index (χ4n) is 1.32. The normalized spacial score (nSPS) is 12.1. The van der Waals surface area contributed by atoms with Gasteiger partial charge in [0.05, 0.1) is 0 Å². The molecule has 1 aromatic rings. The van der Waals surface area contributed by atoms with Crippen LogP contribution in [0.5, 0.6) is 5.75 Å². The number of phenols is 1. The summed E-state index contributed by atoms with van der Waals surface area (Å²) >= 11 is 0. The summed E-state index contributed by atoms with van der Waals surface area (Å²) in [6, 6.07) is 5.47. The fraction of sp³-hybridized carbons (Fsp3) is 0.167. The number of benzene rings is 1. The molecular weight excluding hydrogens is 160 g/mol. The quantitative estimate of drug-likeness (QED) is 0.697. The summed E-state index contributed by atoms with van der Waals surface area (Å²) in [7, 11) is 0. The van der Waals surface area contributed by atoms with E-state index in [4.69, 9.17) is 0 Å². The predicted octanol–water partition coefficient (Wildman–Crippen LogP) is 3.32. The Kier molecular flexibility index (Phi) is 2.91. The number of hydrogen-bond donors (Lipinski definition) is 1. The number of phenolic OH excluding ortho intramolecular Hbond substituents is 1. The Hall–Kier alpha value is -1.50. The van der Waals surface area contributed by atoms with E-state index in [1.54, 1.807) is 12.1 Å². The Balaban J connectivity index is 3.27. The first kappa shape index (κ1) is 9.59. The molecule has 68 valence electrons. The van der Waals surface area contributed by atoms with Crippen molar-refractivity contribution in [1.82, 2.24) is 0 Å². The average molecular weight is 174 g/mol. The number of rotatable bonds is 3. The molecule has 1 rings (SSSR count). The molecule has 1 N–H and O–H groups in total. The van der Waals surface area contributed by atoms with Gasteiger partial charge >= 0.3 is 0 Å². The molecule has 1 unspecified atom stereocenters. The van der Waals surface area contributed by atoms with E-state index >= 15 is 0 Å².